The van der Waals surface area contributed by atoms with Crippen LogP contribution in [-0.4, -0.2) is 0 Å². The van der Waals surface area contributed by atoms with Crippen LogP contribution in [0.1, 0.15) is 20.8 Å². The summed E-state index contributed by atoms with van der Waals surface area (Å²) in [6.07, 6.45) is 0. The Morgan fingerprint density at radius 1 is 0.700 bits per heavy atom. The van der Waals surface area contributed by atoms with Crippen LogP contribution in [-0.2, 0) is 19.5 Å². The molecule has 0 aliphatic heterocycles. The zero-order valence-corrected chi connectivity index (χ0v) is 7.93. The molecule has 10 heavy (non-hydrogen) atoms. The summed E-state index contributed by atoms with van der Waals surface area (Å²) in [5.74, 6) is 0. The molecule has 0 spiro atoms. The molecule has 0 aliphatic carbocycles. The Balaban J connectivity index is -0.0000000257. The van der Waals surface area contributed by atoms with Gasteiger partial charge in [-0.15, -0.1) is 0 Å². The summed E-state index contributed by atoms with van der Waals surface area (Å²) < 4.78 is 0. The number of hydrogen-bond acceptors (Lipinski definition) is 3. The molecule has 0 aromatic rings. The van der Waals surface area contributed by atoms with Crippen LogP contribution in [0.2, 0.25) is 0 Å². The molecule has 0 heterocycles. The summed E-state index contributed by atoms with van der Waals surface area (Å²) in [5.41, 5.74) is 0. The third kappa shape index (κ3) is 320. The van der Waals surface area contributed by atoms with Crippen molar-refractivity contribution in [1.82, 2.24) is 0 Å². The first-order chi connectivity index (χ1) is 4.24. The molecule has 0 aliphatic rings. The maximum atomic E-state index is 7.32. The van der Waals surface area contributed by atoms with Gasteiger partial charge < -0.3 is 0 Å². The first-order valence-electron chi connectivity index (χ1n) is 2.17. The van der Waals surface area contributed by atoms with Gasteiger partial charge in [-0.05, 0) is 0 Å². The molecule has 0 atom stereocenters. The van der Waals surface area contributed by atoms with Crippen molar-refractivity contribution in [2.75, 3.05) is 0 Å². The van der Waals surface area contributed by atoms with E-state index in [0.29, 0.717) is 0 Å². The van der Waals surface area contributed by atoms with Crippen molar-refractivity contribution in [3.8, 4) is 18.2 Å². The summed E-state index contributed by atoms with van der Waals surface area (Å²) >= 11 is 0. The summed E-state index contributed by atoms with van der Waals surface area (Å²) in [7, 11) is 0. The molecule has 0 bridgehead atoms. The first kappa shape index (κ1) is 23.0. The number of nitrogens with zero attached hydrogens (tertiary/aromatic N) is 3. The molecule has 0 N–H and O–H groups in total. The van der Waals surface area contributed by atoms with Gasteiger partial charge in [0.25, 0.3) is 0 Å². The van der Waals surface area contributed by atoms with Gasteiger partial charge in [-0.25, -0.2) is 0 Å². The van der Waals surface area contributed by atoms with Gasteiger partial charge in [-0.1, -0.05) is 0 Å². The summed E-state index contributed by atoms with van der Waals surface area (Å²) in [6, 6.07) is 5.25. The van der Waals surface area contributed by atoms with E-state index in [0.717, 1.165) is 0 Å². The molecule has 0 fully saturated rings. The SMILES string of the molecule is CC#N.CC#N.CC#N.[Ru+3]. The Labute approximate surface area is 74.6 Å². The second-order valence-corrected chi connectivity index (χ2v) is 0.671. The van der Waals surface area contributed by atoms with Crippen LogP contribution < -0.4 is 0 Å². The fourth-order valence-electron chi connectivity index (χ4n) is 0. The summed E-state index contributed by atoms with van der Waals surface area (Å²) in [4.78, 5) is 0. The van der Waals surface area contributed by atoms with Crippen molar-refractivity contribution < 1.29 is 19.5 Å². The molecule has 0 aromatic heterocycles. The molecule has 0 unspecified atom stereocenters. The van der Waals surface area contributed by atoms with Crippen LogP contribution in [0.4, 0.5) is 0 Å². The van der Waals surface area contributed by atoms with E-state index in [1.54, 1.807) is 18.2 Å². The standard InChI is InChI=1S/3C2H3N.Ru/c3*1-2-3;/h3*1H3;/q;;;+3. The van der Waals surface area contributed by atoms with Gasteiger partial charge in [0.2, 0.25) is 0 Å². The Bertz CT molecular complexity index is 106. The third-order valence-corrected chi connectivity index (χ3v) is 0. The van der Waals surface area contributed by atoms with Crippen LogP contribution in [0.15, 0.2) is 0 Å². The van der Waals surface area contributed by atoms with Gasteiger partial charge >= 0.3 is 19.5 Å². The van der Waals surface area contributed by atoms with Gasteiger partial charge in [-0.3, -0.25) is 0 Å². The minimum Gasteiger partial charge on any atom is -0.199 e. The number of nitriles is 3. The van der Waals surface area contributed by atoms with Crippen LogP contribution in [0.5, 0.6) is 0 Å². The van der Waals surface area contributed by atoms with Gasteiger partial charge in [-0.2, -0.15) is 15.8 Å². The predicted molar refractivity (Wildman–Crippen MR) is 33.9 cm³/mol. The molecule has 3 nitrogen and oxygen atoms in total. The van der Waals surface area contributed by atoms with Gasteiger partial charge in [0.1, 0.15) is 0 Å². The molecular formula is C6H9N3Ru+3. The maximum absolute atomic E-state index is 7.32. The van der Waals surface area contributed by atoms with E-state index in [2.05, 4.69) is 0 Å². The Hall–Kier alpha value is -0.907. The fourth-order valence-corrected chi connectivity index (χ4v) is 0. The van der Waals surface area contributed by atoms with E-state index >= 15 is 0 Å². The average Bonchev–Trinajstić information content (AvgIpc) is 1.70. The molecule has 4 heteroatoms. The molecule has 0 saturated carbocycles. The van der Waals surface area contributed by atoms with Crippen LogP contribution >= 0.6 is 0 Å². The Morgan fingerprint density at radius 3 is 0.700 bits per heavy atom. The second kappa shape index (κ2) is 92.9. The molecule has 53 valence electrons. The van der Waals surface area contributed by atoms with E-state index in [9.17, 15) is 0 Å². The van der Waals surface area contributed by atoms with Crippen molar-refractivity contribution >= 4 is 0 Å². The maximum Gasteiger partial charge on any atom is 3.00 e. The zero-order valence-electron chi connectivity index (χ0n) is 6.20. The quantitative estimate of drug-likeness (QED) is 0.586. The van der Waals surface area contributed by atoms with Crippen molar-refractivity contribution in [1.29, 1.82) is 15.8 Å². The average molecular weight is 224 g/mol. The molecule has 0 aromatic carbocycles. The molecule has 1 radical (unpaired) electrons. The normalized spacial score (nSPS) is 2.40. The first-order valence-corrected chi connectivity index (χ1v) is 2.17. The van der Waals surface area contributed by atoms with E-state index < -0.39 is 0 Å². The third-order valence-electron chi connectivity index (χ3n) is 0. The topological polar surface area (TPSA) is 71.4 Å². The van der Waals surface area contributed by atoms with Crippen LogP contribution in [0, 0.1) is 34.0 Å². The summed E-state index contributed by atoms with van der Waals surface area (Å²) in [5, 5.41) is 22.0. The monoisotopic (exact) mass is 225 g/mol. The molecule has 0 amide bonds. The predicted octanol–water partition coefficient (Wildman–Crippen LogP) is 1.59. The largest absolute Gasteiger partial charge is 3.00 e. The zero-order chi connectivity index (χ0) is 8.12. The minimum atomic E-state index is 0. The van der Waals surface area contributed by atoms with E-state index in [-0.39, 0.29) is 19.5 Å². The Morgan fingerprint density at radius 2 is 0.700 bits per heavy atom. The van der Waals surface area contributed by atoms with Crippen LogP contribution in [0.25, 0.3) is 0 Å². The number of rotatable bonds is 0. The molecular weight excluding hydrogens is 215 g/mol. The van der Waals surface area contributed by atoms with E-state index in [1.165, 1.54) is 20.8 Å². The Kier molecular flexibility index (Phi) is 213. The fraction of sp³-hybridized carbons (Fsp3) is 0.500. The van der Waals surface area contributed by atoms with E-state index in [1.807, 2.05) is 0 Å². The molecule has 0 rings (SSSR count). The minimum absolute atomic E-state index is 0. The summed E-state index contributed by atoms with van der Waals surface area (Å²) in [6.45, 7) is 4.29. The van der Waals surface area contributed by atoms with E-state index in [4.69, 9.17) is 15.8 Å². The van der Waals surface area contributed by atoms with Crippen molar-refractivity contribution in [3.63, 3.8) is 0 Å². The smallest absolute Gasteiger partial charge is 0.199 e. The van der Waals surface area contributed by atoms with Crippen molar-refractivity contribution in [2.24, 2.45) is 0 Å². The second-order valence-electron chi connectivity index (χ2n) is 0.671. The van der Waals surface area contributed by atoms with Crippen molar-refractivity contribution in [2.45, 2.75) is 20.8 Å². The molecule has 0 saturated heterocycles. The van der Waals surface area contributed by atoms with Crippen molar-refractivity contribution in [3.05, 3.63) is 0 Å². The number of hydrogen-bond donors (Lipinski definition) is 0. The van der Waals surface area contributed by atoms with Gasteiger partial charge in [0, 0.05) is 20.8 Å². The van der Waals surface area contributed by atoms with Gasteiger partial charge in [0.15, 0.2) is 0 Å². The van der Waals surface area contributed by atoms with Gasteiger partial charge in [0.05, 0.1) is 18.2 Å². The van der Waals surface area contributed by atoms with Crippen LogP contribution in [0.3, 0.4) is 0 Å².